The van der Waals surface area contributed by atoms with Crippen molar-refractivity contribution in [3.63, 3.8) is 0 Å². The van der Waals surface area contributed by atoms with Crippen LogP contribution in [0, 0.1) is 0 Å². The molecule has 7 heteroatoms. The van der Waals surface area contributed by atoms with Gasteiger partial charge in [0.2, 0.25) is 5.91 Å². The second-order valence-electron chi connectivity index (χ2n) is 7.29. The molecule has 0 rings (SSSR count). The number of hydrogen-bond donors (Lipinski definition) is 2. The summed E-state index contributed by atoms with van der Waals surface area (Å²) in [6.07, 6.45) is 16.9. The molecule has 0 atom stereocenters. The molecule has 2 N–H and O–H groups in total. The zero-order valence-electron chi connectivity index (χ0n) is 19.1. The number of aliphatic carboxylic acids is 2. The van der Waals surface area contributed by atoms with Gasteiger partial charge in [0.15, 0.2) is 0 Å². The van der Waals surface area contributed by atoms with Gasteiger partial charge in [-0.2, -0.15) is 0 Å². The molecule has 0 saturated carbocycles. The van der Waals surface area contributed by atoms with E-state index < -0.39 is 11.9 Å². The molecule has 1 amide bonds. The third-order valence-corrected chi connectivity index (χ3v) is 4.43. The predicted octanol–water partition coefficient (Wildman–Crippen LogP) is 1.21. The van der Waals surface area contributed by atoms with E-state index in [1.54, 1.807) is 0 Å². The van der Waals surface area contributed by atoms with Gasteiger partial charge in [-0.05, 0) is 19.3 Å². The van der Waals surface area contributed by atoms with Crippen molar-refractivity contribution in [2.45, 2.75) is 117 Å². The fourth-order valence-corrected chi connectivity index (χ4v) is 2.73. The van der Waals surface area contributed by atoms with E-state index in [1.807, 2.05) is 0 Å². The maximum atomic E-state index is 11.1. The van der Waals surface area contributed by atoms with Crippen LogP contribution >= 0.6 is 0 Å². The van der Waals surface area contributed by atoms with Crippen molar-refractivity contribution in [2.24, 2.45) is 0 Å². The van der Waals surface area contributed by atoms with Gasteiger partial charge in [-0.25, -0.2) is 0 Å². The number of carbonyl (C=O) groups is 3. The quantitative estimate of drug-likeness (QED) is 0.255. The van der Waals surface area contributed by atoms with E-state index >= 15 is 0 Å². The van der Waals surface area contributed by atoms with Crippen molar-refractivity contribution in [1.82, 2.24) is 5.32 Å². The first-order chi connectivity index (χ1) is 13.4. The maximum absolute atomic E-state index is 11.1. The molecule has 6 nitrogen and oxygen atoms in total. The first-order valence-electron chi connectivity index (χ1n) is 11.1. The van der Waals surface area contributed by atoms with Gasteiger partial charge in [0, 0.05) is 12.4 Å². The van der Waals surface area contributed by atoms with Crippen LogP contribution in [-0.2, 0) is 14.4 Å². The normalized spacial score (nSPS) is 9.72. The van der Waals surface area contributed by atoms with Crippen LogP contribution in [0.3, 0.4) is 0 Å². The zero-order chi connectivity index (χ0) is 21.5. The average molecular weight is 424 g/mol. The van der Waals surface area contributed by atoms with E-state index in [0.717, 1.165) is 25.7 Å². The summed E-state index contributed by atoms with van der Waals surface area (Å²) < 4.78 is 0. The Labute approximate surface area is 199 Å². The fourth-order valence-electron chi connectivity index (χ4n) is 2.73. The van der Waals surface area contributed by atoms with Crippen molar-refractivity contribution < 1.29 is 54.2 Å². The molecule has 0 spiro atoms. The van der Waals surface area contributed by atoms with E-state index in [2.05, 4.69) is 19.2 Å². The molecular formula is C22H42NNaO5. The molecule has 0 saturated heterocycles. The summed E-state index contributed by atoms with van der Waals surface area (Å²) >= 11 is 0. The number of rotatable bonds is 18. The molecule has 0 aliphatic heterocycles. The molecule has 0 bridgehead atoms. The molecule has 29 heavy (non-hydrogen) atoms. The van der Waals surface area contributed by atoms with Crippen LogP contribution in [0.2, 0.25) is 0 Å². The standard InChI is InChI=1S/C12H23NO3.C10H20O2.Na/c1-2-3-4-5-6-7-8-9-11(14)13-10-12(15)16;1-2-3-4-5-6-7-8-9-10(11)12;/h2-10H2,1H3,(H,13,14)(H,15,16);2-9H2,1H3,(H,11,12);/q;;+1/p-1. The van der Waals surface area contributed by atoms with Crippen molar-refractivity contribution in [3.8, 4) is 0 Å². The minimum atomic E-state index is -0.993. The molecule has 0 aliphatic carbocycles. The number of carboxylic acids is 2. The summed E-state index contributed by atoms with van der Waals surface area (Å²) in [5.74, 6) is -2.06. The SMILES string of the molecule is CCCCCCCCCC(=O)NCC(=O)O.CCCCCCCCCC(=O)[O-].[Na+]. The number of unbranched alkanes of at least 4 members (excludes halogenated alkanes) is 12. The number of nitrogens with one attached hydrogen (secondary N) is 1. The molecule has 0 heterocycles. The Morgan fingerprint density at radius 3 is 1.45 bits per heavy atom. The number of amides is 1. The molecule has 0 unspecified atom stereocenters. The van der Waals surface area contributed by atoms with E-state index in [0.29, 0.717) is 6.42 Å². The van der Waals surface area contributed by atoms with Crippen LogP contribution in [-0.4, -0.2) is 29.5 Å². The largest absolute Gasteiger partial charge is 1.00 e. The Bertz CT molecular complexity index is 391. The minimum absolute atomic E-state index is 0. The average Bonchev–Trinajstić information content (AvgIpc) is 2.65. The molecule has 0 aromatic rings. The van der Waals surface area contributed by atoms with Gasteiger partial charge in [-0.1, -0.05) is 90.9 Å². The summed E-state index contributed by atoms with van der Waals surface area (Å²) in [7, 11) is 0. The van der Waals surface area contributed by atoms with Gasteiger partial charge in [0.05, 0.1) is 0 Å². The van der Waals surface area contributed by atoms with Crippen LogP contribution in [0.5, 0.6) is 0 Å². The Morgan fingerprint density at radius 2 is 1.07 bits per heavy atom. The maximum Gasteiger partial charge on any atom is 1.00 e. The number of carboxylic acid groups (broad SMARTS) is 2. The predicted molar refractivity (Wildman–Crippen MR) is 111 cm³/mol. The van der Waals surface area contributed by atoms with Crippen LogP contribution < -0.4 is 40.0 Å². The fraction of sp³-hybridized carbons (Fsp3) is 0.864. The van der Waals surface area contributed by atoms with Crippen LogP contribution in [0.25, 0.3) is 0 Å². The molecule has 166 valence electrons. The molecule has 0 aliphatic rings. The van der Waals surface area contributed by atoms with E-state index in [9.17, 15) is 19.5 Å². The molecule has 0 radical (unpaired) electrons. The Hall–Kier alpha value is -0.590. The van der Waals surface area contributed by atoms with E-state index in [4.69, 9.17) is 5.11 Å². The first-order valence-corrected chi connectivity index (χ1v) is 11.1. The third-order valence-electron chi connectivity index (χ3n) is 4.43. The van der Waals surface area contributed by atoms with Crippen molar-refractivity contribution in [1.29, 1.82) is 0 Å². The Kier molecular flexibility index (Phi) is 31.2. The van der Waals surface area contributed by atoms with Crippen molar-refractivity contribution in [3.05, 3.63) is 0 Å². The van der Waals surface area contributed by atoms with Gasteiger partial charge in [-0.15, -0.1) is 0 Å². The molecule has 0 aromatic carbocycles. The van der Waals surface area contributed by atoms with Gasteiger partial charge in [-0.3, -0.25) is 9.59 Å². The Morgan fingerprint density at radius 1 is 0.690 bits per heavy atom. The molecular weight excluding hydrogens is 381 g/mol. The number of carbonyl (C=O) groups excluding carboxylic acids is 2. The van der Waals surface area contributed by atoms with E-state index in [-0.39, 0.29) is 48.4 Å². The Balaban J connectivity index is -0.000000468. The van der Waals surface area contributed by atoms with Gasteiger partial charge in [0.25, 0.3) is 0 Å². The second-order valence-corrected chi connectivity index (χ2v) is 7.29. The van der Waals surface area contributed by atoms with Gasteiger partial charge >= 0.3 is 35.5 Å². The second kappa shape index (κ2) is 27.4. The smallest absolute Gasteiger partial charge is 0.550 e. The summed E-state index contributed by atoms with van der Waals surface area (Å²) in [5, 5.41) is 20.7. The third kappa shape index (κ3) is 35.2. The zero-order valence-corrected chi connectivity index (χ0v) is 21.1. The van der Waals surface area contributed by atoms with Crippen LogP contribution in [0.4, 0.5) is 0 Å². The van der Waals surface area contributed by atoms with Gasteiger partial charge in [0.1, 0.15) is 6.54 Å². The van der Waals surface area contributed by atoms with Crippen molar-refractivity contribution >= 4 is 17.8 Å². The number of hydrogen-bond acceptors (Lipinski definition) is 4. The summed E-state index contributed by atoms with van der Waals surface area (Å²) in [6.45, 7) is 4.11. The topological polar surface area (TPSA) is 107 Å². The van der Waals surface area contributed by atoms with Gasteiger partial charge < -0.3 is 20.3 Å². The van der Waals surface area contributed by atoms with E-state index in [1.165, 1.54) is 64.2 Å². The summed E-state index contributed by atoms with van der Waals surface area (Å²) in [5.41, 5.74) is 0. The summed E-state index contributed by atoms with van der Waals surface area (Å²) in [4.78, 5) is 31.3. The first kappa shape index (κ1) is 33.1. The van der Waals surface area contributed by atoms with Crippen LogP contribution in [0.15, 0.2) is 0 Å². The van der Waals surface area contributed by atoms with Crippen LogP contribution in [0.1, 0.15) is 117 Å². The molecule has 0 aromatic heterocycles. The minimum Gasteiger partial charge on any atom is -0.550 e. The monoisotopic (exact) mass is 423 g/mol. The molecule has 0 fully saturated rings. The summed E-state index contributed by atoms with van der Waals surface area (Å²) in [6, 6.07) is 0. The van der Waals surface area contributed by atoms with Crippen molar-refractivity contribution in [2.75, 3.05) is 6.54 Å².